The second-order valence-corrected chi connectivity index (χ2v) is 7.63. The van der Waals surface area contributed by atoms with E-state index >= 15 is 0 Å². The zero-order valence-corrected chi connectivity index (χ0v) is 15.4. The average molecular weight is 364 g/mol. The second-order valence-electron chi connectivity index (χ2n) is 5.66. The Labute approximate surface area is 140 Å². The van der Waals surface area contributed by atoms with E-state index in [1.807, 2.05) is 11.8 Å². The minimum absolute atomic E-state index is 0.501. The van der Waals surface area contributed by atoms with Gasteiger partial charge in [-0.15, -0.1) is 0 Å². The van der Waals surface area contributed by atoms with Crippen LogP contribution < -0.4 is 5.32 Å². The molecule has 0 saturated heterocycles. The summed E-state index contributed by atoms with van der Waals surface area (Å²) in [5.41, 5.74) is 3.93. The first-order valence-corrected chi connectivity index (χ1v) is 8.83. The first kappa shape index (κ1) is 16.6. The maximum absolute atomic E-state index is 3.69. The summed E-state index contributed by atoms with van der Waals surface area (Å²) >= 11 is 5.52. The Bertz CT molecular complexity index is 623. The van der Waals surface area contributed by atoms with Gasteiger partial charge in [0.25, 0.3) is 0 Å². The lowest BCUT2D eigenvalue weighted by molar-refractivity contribution is 0.587. The van der Waals surface area contributed by atoms with Crippen LogP contribution in [0.2, 0.25) is 0 Å². The molecule has 0 aliphatic rings. The van der Waals surface area contributed by atoms with Gasteiger partial charge in [-0.1, -0.05) is 59.7 Å². The van der Waals surface area contributed by atoms with Crippen LogP contribution in [0.4, 0.5) is 0 Å². The third kappa shape index (κ3) is 4.87. The molecule has 0 unspecified atom stereocenters. The van der Waals surface area contributed by atoms with E-state index in [9.17, 15) is 0 Å². The van der Waals surface area contributed by atoms with Crippen LogP contribution >= 0.6 is 27.7 Å². The van der Waals surface area contributed by atoms with Gasteiger partial charge in [-0.05, 0) is 48.7 Å². The van der Waals surface area contributed by atoms with Crippen molar-refractivity contribution < 1.29 is 0 Å². The van der Waals surface area contributed by atoms with Crippen LogP contribution in [0.1, 0.15) is 30.5 Å². The number of hydrogen-bond acceptors (Lipinski definition) is 2. The smallest absolute Gasteiger partial charge is 0.0231 e. The lowest BCUT2D eigenvalue weighted by Gasteiger charge is -2.12. The van der Waals surface area contributed by atoms with Gasteiger partial charge < -0.3 is 5.32 Å². The topological polar surface area (TPSA) is 12.0 Å². The van der Waals surface area contributed by atoms with Crippen molar-refractivity contribution in [3.8, 4) is 0 Å². The van der Waals surface area contributed by atoms with Gasteiger partial charge in [0.05, 0.1) is 0 Å². The van der Waals surface area contributed by atoms with E-state index in [4.69, 9.17) is 0 Å². The molecule has 1 nitrogen and oxygen atoms in total. The van der Waals surface area contributed by atoms with Gasteiger partial charge in [0.2, 0.25) is 0 Å². The van der Waals surface area contributed by atoms with Crippen LogP contribution in [-0.4, -0.2) is 6.04 Å². The van der Waals surface area contributed by atoms with Crippen LogP contribution in [0.5, 0.6) is 0 Å². The SMILES string of the molecule is Cc1ccc(C)c(Sc2ccc(CNC(C)C)c(Br)c2)c1. The summed E-state index contributed by atoms with van der Waals surface area (Å²) in [6.07, 6.45) is 0. The highest BCUT2D eigenvalue weighted by atomic mass is 79.9. The van der Waals surface area contributed by atoms with Gasteiger partial charge in [0.1, 0.15) is 0 Å². The predicted octanol–water partition coefficient (Wildman–Crippen LogP) is 5.72. The van der Waals surface area contributed by atoms with E-state index < -0.39 is 0 Å². The molecule has 21 heavy (non-hydrogen) atoms. The molecule has 2 aromatic rings. The molecule has 0 radical (unpaired) electrons. The van der Waals surface area contributed by atoms with Crippen molar-refractivity contribution in [3.05, 3.63) is 57.6 Å². The van der Waals surface area contributed by atoms with E-state index in [-0.39, 0.29) is 0 Å². The van der Waals surface area contributed by atoms with Crippen molar-refractivity contribution >= 4 is 27.7 Å². The van der Waals surface area contributed by atoms with Gasteiger partial charge >= 0.3 is 0 Å². The molecule has 0 amide bonds. The predicted molar refractivity (Wildman–Crippen MR) is 96.2 cm³/mol. The Morgan fingerprint density at radius 1 is 1.10 bits per heavy atom. The quantitative estimate of drug-likeness (QED) is 0.729. The normalized spacial score (nSPS) is 11.1. The number of aryl methyl sites for hydroxylation is 2. The Kier molecular flexibility index (Phi) is 5.91. The molecule has 112 valence electrons. The molecule has 0 spiro atoms. The molecule has 0 aliphatic heterocycles. The molecular formula is C18H22BrNS. The fourth-order valence-corrected chi connectivity index (χ4v) is 3.70. The maximum atomic E-state index is 3.69. The number of nitrogens with one attached hydrogen (secondary N) is 1. The molecular weight excluding hydrogens is 342 g/mol. The minimum Gasteiger partial charge on any atom is -0.310 e. The van der Waals surface area contributed by atoms with Crippen LogP contribution in [0.15, 0.2) is 50.7 Å². The summed E-state index contributed by atoms with van der Waals surface area (Å²) in [5, 5.41) is 3.45. The summed E-state index contributed by atoms with van der Waals surface area (Å²) in [6, 6.07) is 13.7. The number of rotatable bonds is 5. The van der Waals surface area contributed by atoms with Crippen LogP contribution in [-0.2, 0) is 6.54 Å². The highest BCUT2D eigenvalue weighted by Crippen LogP contribution is 2.33. The molecule has 3 heteroatoms. The van der Waals surface area contributed by atoms with Gasteiger partial charge in [-0.3, -0.25) is 0 Å². The summed E-state index contributed by atoms with van der Waals surface area (Å²) in [6.45, 7) is 9.53. The van der Waals surface area contributed by atoms with Crippen molar-refractivity contribution in [2.75, 3.05) is 0 Å². The van der Waals surface area contributed by atoms with Crippen molar-refractivity contribution in [1.29, 1.82) is 0 Å². The van der Waals surface area contributed by atoms with Crippen molar-refractivity contribution in [1.82, 2.24) is 5.32 Å². The minimum atomic E-state index is 0.501. The summed E-state index contributed by atoms with van der Waals surface area (Å²) in [4.78, 5) is 2.60. The number of benzene rings is 2. The molecule has 0 fully saturated rings. The standard InChI is InChI=1S/C18H22BrNS/c1-12(2)20-11-15-7-8-16(10-17(15)19)21-18-9-13(3)5-6-14(18)4/h5-10,12,20H,11H2,1-4H3. The fraction of sp³-hybridized carbons (Fsp3) is 0.333. The van der Waals surface area contributed by atoms with Gasteiger partial charge in [0, 0.05) is 26.9 Å². The zero-order chi connectivity index (χ0) is 15.4. The van der Waals surface area contributed by atoms with Gasteiger partial charge in [-0.25, -0.2) is 0 Å². The Morgan fingerprint density at radius 2 is 1.86 bits per heavy atom. The van der Waals surface area contributed by atoms with E-state index in [2.05, 4.69) is 85.3 Å². The van der Waals surface area contributed by atoms with Crippen LogP contribution in [0.25, 0.3) is 0 Å². The molecule has 1 N–H and O–H groups in total. The molecule has 0 aliphatic carbocycles. The number of halogens is 1. The van der Waals surface area contributed by atoms with Crippen LogP contribution in [0.3, 0.4) is 0 Å². The van der Waals surface area contributed by atoms with E-state index in [1.54, 1.807) is 0 Å². The lowest BCUT2D eigenvalue weighted by atomic mass is 10.2. The molecule has 0 aromatic heterocycles. The van der Waals surface area contributed by atoms with Crippen molar-refractivity contribution in [3.63, 3.8) is 0 Å². The van der Waals surface area contributed by atoms with Crippen molar-refractivity contribution in [2.45, 2.75) is 50.1 Å². The van der Waals surface area contributed by atoms with E-state index in [1.165, 1.54) is 31.0 Å². The molecule has 0 atom stereocenters. The third-order valence-corrected chi connectivity index (χ3v) is 5.18. The average Bonchev–Trinajstić information content (AvgIpc) is 2.42. The van der Waals surface area contributed by atoms with Gasteiger partial charge in [0.15, 0.2) is 0 Å². The van der Waals surface area contributed by atoms with Crippen LogP contribution in [0, 0.1) is 13.8 Å². The Hall–Kier alpha value is -0.770. The highest BCUT2D eigenvalue weighted by molar-refractivity contribution is 9.10. The van der Waals surface area contributed by atoms with Gasteiger partial charge in [-0.2, -0.15) is 0 Å². The van der Waals surface area contributed by atoms with Crippen molar-refractivity contribution in [2.24, 2.45) is 0 Å². The lowest BCUT2D eigenvalue weighted by Crippen LogP contribution is -2.21. The summed E-state index contributed by atoms with van der Waals surface area (Å²) in [7, 11) is 0. The highest BCUT2D eigenvalue weighted by Gasteiger charge is 2.06. The Balaban J connectivity index is 2.14. The summed E-state index contributed by atoms with van der Waals surface area (Å²) in [5.74, 6) is 0. The Morgan fingerprint density at radius 3 is 2.52 bits per heavy atom. The molecule has 0 heterocycles. The summed E-state index contributed by atoms with van der Waals surface area (Å²) < 4.78 is 1.17. The molecule has 0 bridgehead atoms. The first-order chi connectivity index (χ1) is 9.95. The fourth-order valence-electron chi connectivity index (χ4n) is 1.99. The monoisotopic (exact) mass is 363 g/mol. The van der Waals surface area contributed by atoms with E-state index in [0.717, 1.165) is 6.54 Å². The largest absolute Gasteiger partial charge is 0.310 e. The maximum Gasteiger partial charge on any atom is 0.0231 e. The number of hydrogen-bond donors (Lipinski definition) is 1. The third-order valence-electron chi connectivity index (χ3n) is 3.30. The second kappa shape index (κ2) is 7.48. The first-order valence-electron chi connectivity index (χ1n) is 7.22. The molecule has 0 saturated carbocycles. The zero-order valence-electron chi connectivity index (χ0n) is 13.0. The molecule has 2 aromatic carbocycles. The molecule has 2 rings (SSSR count). The van der Waals surface area contributed by atoms with E-state index in [0.29, 0.717) is 6.04 Å².